The molecule has 0 aromatic heterocycles. The van der Waals surface area contributed by atoms with Crippen molar-refractivity contribution in [3.8, 4) is 0 Å². The average Bonchev–Trinajstić information content (AvgIpc) is 3.13. The smallest absolute Gasteiger partial charge is 0.278 e. The summed E-state index contributed by atoms with van der Waals surface area (Å²) in [6, 6.07) is 19.9. The number of hydrogen-bond donors (Lipinski definition) is 0. The normalized spacial score (nSPS) is 17.2. The number of carbonyl (C=O) groups is 1. The molecule has 1 fully saturated rings. The summed E-state index contributed by atoms with van der Waals surface area (Å²) in [6.45, 7) is 5.47. The highest BCUT2D eigenvalue weighted by Crippen LogP contribution is 2.32. The number of anilines is 2. The number of hydrogen-bond acceptors (Lipinski definition) is 6. The third-order valence-corrected chi connectivity index (χ3v) is 6.84. The van der Waals surface area contributed by atoms with Crippen LogP contribution in [0.2, 0.25) is 5.02 Å². The molecule has 0 radical (unpaired) electrons. The standard InChI is InChI=1S/C26H24ClN5O3/c1-18-6-7-19(16-23(18)27)28-25-22-4-2-3-5-24(22)31(26(25)33)17-29-12-14-30(15-13-29)20-8-10-21(11-9-20)32(34)35/h2-11,16H,12-15,17H2,1H3. The number of halogens is 1. The van der Waals surface area contributed by atoms with Gasteiger partial charge >= 0.3 is 0 Å². The maximum Gasteiger partial charge on any atom is 0.278 e. The molecule has 0 bridgehead atoms. The lowest BCUT2D eigenvalue weighted by Crippen LogP contribution is -2.51. The molecule has 3 aromatic carbocycles. The number of aryl methyl sites for hydroxylation is 1. The van der Waals surface area contributed by atoms with Crippen molar-refractivity contribution in [1.82, 2.24) is 4.90 Å². The predicted octanol–water partition coefficient (Wildman–Crippen LogP) is 4.80. The molecule has 0 aliphatic carbocycles. The molecule has 2 heterocycles. The van der Waals surface area contributed by atoms with Crippen LogP contribution in [0.1, 0.15) is 11.1 Å². The molecule has 178 valence electrons. The number of rotatable bonds is 5. The highest BCUT2D eigenvalue weighted by Gasteiger charge is 2.35. The molecule has 1 saturated heterocycles. The fourth-order valence-corrected chi connectivity index (χ4v) is 4.60. The van der Waals surface area contributed by atoms with Gasteiger partial charge in [0.2, 0.25) is 0 Å². The molecule has 2 aliphatic rings. The lowest BCUT2D eigenvalue weighted by atomic mass is 10.1. The van der Waals surface area contributed by atoms with Gasteiger partial charge in [-0.25, -0.2) is 4.99 Å². The number of nitro benzene ring substituents is 1. The number of para-hydroxylation sites is 1. The van der Waals surface area contributed by atoms with Crippen molar-refractivity contribution >= 4 is 46.0 Å². The Morgan fingerprint density at radius 1 is 1.00 bits per heavy atom. The molecular formula is C26H24ClN5O3. The summed E-state index contributed by atoms with van der Waals surface area (Å²) in [5, 5.41) is 11.5. The molecule has 2 aliphatic heterocycles. The second-order valence-electron chi connectivity index (χ2n) is 8.66. The lowest BCUT2D eigenvalue weighted by Gasteiger charge is -2.37. The van der Waals surface area contributed by atoms with E-state index in [0.717, 1.165) is 48.7 Å². The van der Waals surface area contributed by atoms with E-state index in [2.05, 4.69) is 14.8 Å². The molecule has 0 N–H and O–H groups in total. The van der Waals surface area contributed by atoms with E-state index in [1.54, 1.807) is 23.1 Å². The zero-order chi connectivity index (χ0) is 24.5. The van der Waals surface area contributed by atoms with Crippen molar-refractivity contribution in [3.05, 3.63) is 93.0 Å². The zero-order valence-corrected chi connectivity index (χ0v) is 20.0. The monoisotopic (exact) mass is 489 g/mol. The molecule has 0 saturated carbocycles. The van der Waals surface area contributed by atoms with Gasteiger partial charge in [0.15, 0.2) is 0 Å². The fraction of sp³-hybridized carbons (Fsp3) is 0.231. The summed E-state index contributed by atoms with van der Waals surface area (Å²) < 4.78 is 0. The van der Waals surface area contributed by atoms with Gasteiger partial charge < -0.3 is 4.90 Å². The van der Waals surface area contributed by atoms with Gasteiger partial charge in [-0.3, -0.25) is 24.7 Å². The Labute approximate surface area is 208 Å². The highest BCUT2D eigenvalue weighted by atomic mass is 35.5. The van der Waals surface area contributed by atoms with Crippen LogP contribution in [0.15, 0.2) is 71.7 Å². The van der Waals surface area contributed by atoms with Gasteiger partial charge in [-0.05, 0) is 42.8 Å². The van der Waals surface area contributed by atoms with Crippen molar-refractivity contribution in [2.45, 2.75) is 6.92 Å². The molecule has 0 unspecified atom stereocenters. The maximum absolute atomic E-state index is 13.4. The van der Waals surface area contributed by atoms with E-state index in [4.69, 9.17) is 11.6 Å². The van der Waals surface area contributed by atoms with Crippen LogP contribution in [0, 0.1) is 17.0 Å². The van der Waals surface area contributed by atoms with Crippen molar-refractivity contribution in [2.24, 2.45) is 4.99 Å². The van der Waals surface area contributed by atoms with Crippen LogP contribution < -0.4 is 9.80 Å². The summed E-state index contributed by atoms with van der Waals surface area (Å²) in [5.74, 6) is -0.124. The number of nitrogens with zero attached hydrogens (tertiary/aromatic N) is 5. The van der Waals surface area contributed by atoms with Crippen molar-refractivity contribution in [1.29, 1.82) is 0 Å². The van der Waals surface area contributed by atoms with E-state index in [0.29, 0.717) is 23.1 Å². The first kappa shape index (κ1) is 23.0. The Morgan fingerprint density at radius 3 is 2.40 bits per heavy atom. The molecule has 0 atom stereocenters. The molecule has 0 spiro atoms. The van der Waals surface area contributed by atoms with Crippen LogP contribution in [-0.2, 0) is 4.79 Å². The lowest BCUT2D eigenvalue weighted by molar-refractivity contribution is -0.384. The number of carbonyl (C=O) groups excluding carboxylic acids is 1. The van der Waals surface area contributed by atoms with Crippen LogP contribution in [0.5, 0.6) is 0 Å². The largest absolute Gasteiger partial charge is 0.369 e. The minimum absolute atomic E-state index is 0.0870. The molecule has 5 rings (SSSR count). The topological polar surface area (TPSA) is 82.3 Å². The van der Waals surface area contributed by atoms with E-state index in [1.807, 2.05) is 43.3 Å². The van der Waals surface area contributed by atoms with Gasteiger partial charge in [-0.15, -0.1) is 0 Å². The number of amides is 1. The second-order valence-corrected chi connectivity index (χ2v) is 9.07. The van der Waals surface area contributed by atoms with Gasteiger partial charge in [-0.1, -0.05) is 35.9 Å². The summed E-state index contributed by atoms with van der Waals surface area (Å²) >= 11 is 6.27. The Hall–Kier alpha value is -3.75. The summed E-state index contributed by atoms with van der Waals surface area (Å²) in [4.78, 5) is 34.8. The number of aliphatic imine (C=N–C) groups is 1. The van der Waals surface area contributed by atoms with E-state index < -0.39 is 4.92 Å². The van der Waals surface area contributed by atoms with Gasteiger partial charge in [0.25, 0.3) is 11.6 Å². The summed E-state index contributed by atoms with van der Waals surface area (Å²) in [6.07, 6.45) is 0. The molecule has 9 heteroatoms. The molecule has 1 amide bonds. The van der Waals surface area contributed by atoms with Gasteiger partial charge in [0.05, 0.1) is 23.0 Å². The SMILES string of the molecule is Cc1ccc(N=C2C(=O)N(CN3CCN(c4ccc([N+](=O)[O-])cc4)CC3)c3ccccc32)cc1Cl. The van der Waals surface area contributed by atoms with Gasteiger partial charge in [0.1, 0.15) is 5.71 Å². The Bertz CT molecular complexity index is 1320. The maximum atomic E-state index is 13.4. The highest BCUT2D eigenvalue weighted by molar-refractivity contribution is 6.54. The number of nitro groups is 1. The summed E-state index contributed by atoms with van der Waals surface area (Å²) in [7, 11) is 0. The van der Waals surface area contributed by atoms with Crippen molar-refractivity contribution in [3.63, 3.8) is 0 Å². The van der Waals surface area contributed by atoms with E-state index in [-0.39, 0.29) is 11.6 Å². The number of benzene rings is 3. The first-order valence-electron chi connectivity index (χ1n) is 11.4. The van der Waals surface area contributed by atoms with Crippen molar-refractivity contribution < 1.29 is 9.72 Å². The van der Waals surface area contributed by atoms with Crippen LogP contribution in [0.4, 0.5) is 22.7 Å². The minimum Gasteiger partial charge on any atom is -0.369 e. The third kappa shape index (κ3) is 4.62. The Morgan fingerprint density at radius 2 is 1.71 bits per heavy atom. The predicted molar refractivity (Wildman–Crippen MR) is 138 cm³/mol. The fourth-order valence-electron chi connectivity index (χ4n) is 4.42. The number of fused-ring (bicyclic) bond motifs is 1. The van der Waals surface area contributed by atoms with Crippen LogP contribution in [0.3, 0.4) is 0 Å². The van der Waals surface area contributed by atoms with Gasteiger partial charge in [-0.2, -0.15) is 0 Å². The van der Waals surface area contributed by atoms with Crippen LogP contribution in [0.25, 0.3) is 0 Å². The Balaban J connectivity index is 1.30. The number of piperazine rings is 1. The van der Waals surface area contributed by atoms with E-state index in [9.17, 15) is 14.9 Å². The third-order valence-electron chi connectivity index (χ3n) is 6.43. The quantitative estimate of drug-likeness (QED) is 0.379. The Kier molecular flexibility index (Phi) is 6.23. The van der Waals surface area contributed by atoms with E-state index in [1.165, 1.54) is 12.1 Å². The van der Waals surface area contributed by atoms with Gasteiger partial charge in [0, 0.05) is 54.6 Å². The molecular weight excluding hydrogens is 466 g/mol. The van der Waals surface area contributed by atoms with Crippen molar-refractivity contribution in [2.75, 3.05) is 42.6 Å². The second kappa shape index (κ2) is 9.48. The zero-order valence-electron chi connectivity index (χ0n) is 19.2. The number of non-ortho nitro benzene ring substituents is 1. The molecule has 3 aromatic rings. The minimum atomic E-state index is -0.391. The average molecular weight is 490 g/mol. The van der Waals surface area contributed by atoms with E-state index >= 15 is 0 Å². The van der Waals surface area contributed by atoms with Crippen LogP contribution >= 0.6 is 11.6 Å². The summed E-state index contributed by atoms with van der Waals surface area (Å²) in [5.41, 5.74) is 4.75. The molecule has 35 heavy (non-hydrogen) atoms. The molecule has 8 nitrogen and oxygen atoms in total. The van der Waals surface area contributed by atoms with Crippen LogP contribution in [-0.4, -0.2) is 54.3 Å². The first-order valence-corrected chi connectivity index (χ1v) is 11.8. The first-order chi connectivity index (χ1) is 16.9.